The van der Waals surface area contributed by atoms with E-state index in [1.807, 2.05) is 0 Å². The minimum Gasteiger partial charge on any atom is -0.486 e. The van der Waals surface area contributed by atoms with Gasteiger partial charge in [-0.3, -0.25) is 4.79 Å². The molecule has 1 atom stereocenters. The Labute approximate surface area is 176 Å². The SMILES string of the molecule is C=CC(=O)Nc1cc2c(Nc3ccc(F)c(Cl)c3)ncnc2cc1O[C@H]1CCOC1. The minimum atomic E-state index is -0.512. The molecule has 1 aliphatic heterocycles. The fourth-order valence-electron chi connectivity index (χ4n) is 3.06. The standard InChI is InChI=1S/C21H18ClFN4O3/c1-2-20(28)27-18-8-14-17(9-19(18)30-13-5-6-29-10-13)24-11-25-21(14)26-12-3-4-16(23)15(22)7-12/h2-4,7-9,11,13H,1,5-6,10H2,(H,27,28)(H,24,25,26)/t13-/m0/s1. The molecule has 30 heavy (non-hydrogen) atoms. The summed E-state index contributed by atoms with van der Waals surface area (Å²) in [5.41, 5.74) is 1.61. The normalized spacial score (nSPS) is 15.7. The molecule has 1 aliphatic rings. The van der Waals surface area contributed by atoms with Gasteiger partial charge in [0.2, 0.25) is 5.91 Å². The number of ether oxygens (including phenoxy) is 2. The van der Waals surface area contributed by atoms with E-state index in [1.165, 1.54) is 24.5 Å². The lowest BCUT2D eigenvalue weighted by molar-refractivity contribution is -0.111. The summed E-state index contributed by atoms with van der Waals surface area (Å²) in [6.07, 6.45) is 3.23. The smallest absolute Gasteiger partial charge is 0.247 e. The number of benzene rings is 2. The molecule has 2 N–H and O–H groups in total. The molecule has 2 heterocycles. The highest BCUT2D eigenvalue weighted by Crippen LogP contribution is 2.35. The average molecular weight is 429 g/mol. The maximum Gasteiger partial charge on any atom is 0.247 e. The highest BCUT2D eigenvalue weighted by Gasteiger charge is 2.20. The lowest BCUT2D eigenvalue weighted by atomic mass is 10.1. The number of aromatic nitrogens is 2. The fourth-order valence-corrected chi connectivity index (χ4v) is 3.24. The molecule has 0 bridgehead atoms. The third-order valence-electron chi connectivity index (χ3n) is 4.54. The predicted molar refractivity (Wildman–Crippen MR) is 113 cm³/mol. The first kappa shape index (κ1) is 20.1. The van der Waals surface area contributed by atoms with Crippen molar-refractivity contribution in [3.63, 3.8) is 0 Å². The van der Waals surface area contributed by atoms with Gasteiger partial charge in [0.05, 0.1) is 29.4 Å². The van der Waals surface area contributed by atoms with Crippen LogP contribution in [0.4, 0.5) is 21.6 Å². The van der Waals surface area contributed by atoms with Crippen molar-refractivity contribution in [2.45, 2.75) is 12.5 Å². The van der Waals surface area contributed by atoms with Gasteiger partial charge in [-0.15, -0.1) is 0 Å². The highest BCUT2D eigenvalue weighted by atomic mass is 35.5. The van der Waals surface area contributed by atoms with E-state index < -0.39 is 5.82 Å². The molecule has 1 fully saturated rings. The molecular weight excluding hydrogens is 411 g/mol. The van der Waals surface area contributed by atoms with E-state index in [-0.39, 0.29) is 17.0 Å². The van der Waals surface area contributed by atoms with Gasteiger partial charge in [0, 0.05) is 23.6 Å². The second-order valence-corrected chi connectivity index (χ2v) is 7.05. The van der Waals surface area contributed by atoms with Gasteiger partial charge in [0.25, 0.3) is 0 Å². The Kier molecular flexibility index (Phi) is 5.78. The third kappa shape index (κ3) is 4.34. The van der Waals surface area contributed by atoms with Crippen LogP contribution in [0.1, 0.15) is 6.42 Å². The minimum absolute atomic E-state index is 0.00762. The molecule has 0 spiro atoms. The molecule has 9 heteroatoms. The molecule has 154 valence electrons. The lowest BCUT2D eigenvalue weighted by Gasteiger charge is -2.17. The van der Waals surface area contributed by atoms with E-state index in [0.29, 0.717) is 47.1 Å². The summed E-state index contributed by atoms with van der Waals surface area (Å²) < 4.78 is 24.8. The molecule has 2 aromatic carbocycles. The van der Waals surface area contributed by atoms with Crippen LogP contribution in [0.25, 0.3) is 10.9 Å². The van der Waals surface area contributed by atoms with Gasteiger partial charge in [-0.25, -0.2) is 14.4 Å². The molecule has 1 amide bonds. The van der Waals surface area contributed by atoms with Crippen molar-refractivity contribution < 1.29 is 18.7 Å². The molecular formula is C21H18ClFN4O3. The fraction of sp³-hybridized carbons (Fsp3) is 0.190. The van der Waals surface area contributed by atoms with Gasteiger partial charge in [-0.1, -0.05) is 18.2 Å². The number of carbonyl (C=O) groups is 1. The summed E-state index contributed by atoms with van der Waals surface area (Å²) in [4.78, 5) is 20.5. The number of hydrogen-bond donors (Lipinski definition) is 2. The zero-order valence-corrected chi connectivity index (χ0v) is 16.6. The van der Waals surface area contributed by atoms with Crippen molar-refractivity contribution in [3.8, 4) is 5.75 Å². The number of nitrogens with one attached hydrogen (secondary N) is 2. The van der Waals surface area contributed by atoms with Crippen molar-refractivity contribution in [2.24, 2.45) is 0 Å². The number of nitrogens with zero attached hydrogens (tertiary/aromatic N) is 2. The Bertz CT molecular complexity index is 1120. The summed E-state index contributed by atoms with van der Waals surface area (Å²) in [5, 5.41) is 6.49. The van der Waals surface area contributed by atoms with Crippen molar-refractivity contribution in [2.75, 3.05) is 23.8 Å². The molecule has 1 aromatic heterocycles. The number of hydrogen-bond acceptors (Lipinski definition) is 6. The Morgan fingerprint density at radius 2 is 2.20 bits per heavy atom. The van der Waals surface area contributed by atoms with Gasteiger partial charge < -0.3 is 20.1 Å². The van der Waals surface area contributed by atoms with Crippen molar-refractivity contribution in [3.05, 3.63) is 60.2 Å². The summed E-state index contributed by atoms with van der Waals surface area (Å²) in [7, 11) is 0. The number of amides is 1. The number of halogens is 2. The van der Waals surface area contributed by atoms with E-state index >= 15 is 0 Å². The van der Waals surface area contributed by atoms with Crippen LogP contribution in [0.15, 0.2) is 49.3 Å². The zero-order valence-electron chi connectivity index (χ0n) is 15.8. The molecule has 0 unspecified atom stereocenters. The molecule has 0 aliphatic carbocycles. The second kappa shape index (κ2) is 8.64. The van der Waals surface area contributed by atoms with E-state index in [4.69, 9.17) is 21.1 Å². The zero-order chi connectivity index (χ0) is 21.1. The van der Waals surface area contributed by atoms with Crippen LogP contribution in [-0.2, 0) is 9.53 Å². The van der Waals surface area contributed by atoms with Gasteiger partial charge in [-0.05, 0) is 30.3 Å². The predicted octanol–water partition coefficient (Wildman–Crippen LogP) is 4.46. The van der Waals surface area contributed by atoms with Gasteiger partial charge >= 0.3 is 0 Å². The van der Waals surface area contributed by atoms with Crippen LogP contribution >= 0.6 is 11.6 Å². The Morgan fingerprint density at radius 1 is 1.33 bits per heavy atom. The van der Waals surface area contributed by atoms with Crippen molar-refractivity contribution in [1.82, 2.24) is 9.97 Å². The van der Waals surface area contributed by atoms with E-state index in [0.717, 1.165) is 6.42 Å². The van der Waals surface area contributed by atoms with E-state index in [1.54, 1.807) is 18.2 Å². The third-order valence-corrected chi connectivity index (χ3v) is 4.83. The van der Waals surface area contributed by atoms with Crippen LogP contribution in [0.3, 0.4) is 0 Å². The maximum atomic E-state index is 13.5. The topological polar surface area (TPSA) is 85.4 Å². The summed E-state index contributed by atoms with van der Waals surface area (Å²) in [6.45, 7) is 4.60. The van der Waals surface area contributed by atoms with E-state index in [2.05, 4.69) is 27.2 Å². The first-order valence-electron chi connectivity index (χ1n) is 9.22. The Morgan fingerprint density at radius 3 is 2.93 bits per heavy atom. The molecule has 4 rings (SSSR count). The largest absolute Gasteiger partial charge is 0.486 e. The molecule has 0 radical (unpaired) electrons. The molecule has 0 saturated carbocycles. The van der Waals surface area contributed by atoms with Gasteiger partial charge in [0.15, 0.2) is 0 Å². The number of rotatable bonds is 6. The maximum absolute atomic E-state index is 13.5. The highest BCUT2D eigenvalue weighted by molar-refractivity contribution is 6.31. The summed E-state index contributed by atoms with van der Waals surface area (Å²) >= 11 is 5.87. The first-order chi connectivity index (χ1) is 14.5. The first-order valence-corrected chi connectivity index (χ1v) is 9.60. The quantitative estimate of drug-likeness (QED) is 0.564. The van der Waals surface area contributed by atoms with Crippen LogP contribution in [0.2, 0.25) is 5.02 Å². The number of carbonyl (C=O) groups excluding carboxylic acids is 1. The number of fused-ring (bicyclic) bond motifs is 1. The molecule has 7 nitrogen and oxygen atoms in total. The van der Waals surface area contributed by atoms with Gasteiger partial charge in [-0.2, -0.15) is 0 Å². The Hall–Kier alpha value is -3.23. The second-order valence-electron chi connectivity index (χ2n) is 6.64. The molecule has 1 saturated heterocycles. The van der Waals surface area contributed by atoms with Crippen LogP contribution in [-0.4, -0.2) is 35.2 Å². The van der Waals surface area contributed by atoms with Gasteiger partial charge in [0.1, 0.15) is 29.8 Å². The lowest BCUT2D eigenvalue weighted by Crippen LogP contribution is -2.18. The van der Waals surface area contributed by atoms with E-state index in [9.17, 15) is 9.18 Å². The summed E-state index contributed by atoms with van der Waals surface area (Å²) in [5.74, 6) is 0.0515. The van der Waals surface area contributed by atoms with Crippen LogP contribution in [0, 0.1) is 5.82 Å². The molecule has 3 aromatic rings. The monoisotopic (exact) mass is 428 g/mol. The van der Waals surface area contributed by atoms with Crippen LogP contribution in [0.5, 0.6) is 5.75 Å². The summed E-state index contributed by atoms with van der Waals surface area (Å²) in [6, 6.07) is 7.72. The van der Waals surface area contributed by atoms with Crippen molar-refractivity contribution >= 4 is 45.6 Å². The number of anilines is 3. The average Bonchev–Trinajstić information content (AvgIpc) is 3.24. The Balaban J connectivity index is 1.74. The van der Waals surface area contributed by atoms with Crippen LogP contribution < -0.4 is 15.4 Å². The van der Waals surface area contributed by atoms with Crippen molar-refractivity contribution in [1.29, 1.82) is 0 Å².